The molecule has 0 spiro atoms. The van der Waals surface area contributed by atoms with Gasteiger partial charge in [0, 0.05) is 5.92 Å². The van der Waals surface area contributed by atoms with Crippen molar-refractivity contribution in [3.63, 3.8) is 0 Å². The summed E-state index contributed by atoms with van der Waals surface area (Å²) < 4.78 is 4.73. The molecule has 2 aliphatic rings. The predicted molar refractivity (Wildman–Crippen MR) is 36.0 cm³/mol. The molecule has 1 aliphatic carbocycles. The van der Waals surface area contributed by atoms with E-state index in [1.165, 1.54) is 0 Å². The Kier molecular flexibility index (Phi) is 1.61. The molecule has 1 saturated carbocycles. The molecule has 2 rings (SSSR count). The van der Waals surface area contributed by atoms with Gasteiger partial charge in [0.2, 0.25) is 0 Å². The first-order valence-corrected chi connectivity index (χ1v) is 3.85. The Balaban J connectivity index is 2.20. The maximum absolute atomic E-state index is 10.7. The second-order valence-electron chi connectivity index (χ2n) is 3.29. The van der Waals surface area contributed by atoms with Crippen LogP contribution < -0.4 is 0 Å². The average molecular weight is 174 g/mol. The van der Waals surface area contributed by atoms with Gasteiger partial charge >= 0.3 is 5.97 Å². The van der Waals surface area contributed by atoms with Crippen LogP contribution in [0.4, 0.5) is 0 Å². The van der Waals surface area contributed by atoms with E-state index >= 15 is 0 Å². The SMILES string of the molecule is O=C1C[C@H]2[C@@H](O)[C@@H](O)[C@@H](O)[C@H]2O1. The molecule has 0 aromatic carbocycles. The molecule has 0 radical (unpaired) electrons. The zero-order chi connectivity index (χ0) is 8.88. The number of aliphatic hydroxyl groups excluding tert-OH is 3. The summed E-state index contributed by atoms with van der Waals surface area (Å²) in [7, 11) is 0. The number of hydrogen-bond donors (Lipinski definition) is 3. The van der Waals surface area contributed by atoms with Gasteiger partial charge < -0.3 is 20.1 Å². The first-order valence-electron chi connectivity index (χ1n) is 3.85. The van der Waals surface area contributed by atoms with Crippen LogP contribution in [0.15, 0.2) is 0 Å². The molecule has 1 saturated heterocycles. The van der Waals surface area contributed by atoms with Gasteiger partial charge in [-0.15, -0.1) is 0 Å². The number of carbonyl (C=O) groups excluding carboxylic acids is 1. The summed E-state index contributed by atoms with van der Waals surface area (Å²) in [6.45, 7) is 0. The number of ether oxygens (including phenoxy) is 1. The van der Waals surface area contributed by atoms with Crippen molar-refractivity contribution in [2.75, 3.05) is 0 Å². The summed E-state index contributed by atoms with van der Waals surface area (Å²) in [6, 6.07) is 0. The largest absolute Gasteiger partial charge is 0.459 e. The van der Waals surface area contributed by atoms with E-state index in [9.17, 15) is 15.0 Å². The smallest absolute Gasteiger partial charge is 0.306 e. The van der Waals surface area contributed by atoms with E-state index < -0.39 is 36.3 Å². The lowest BCUT2D eigenvalue weighted by Crippen LogP contribution is -2.33. The molecule has 1 heterocycles. The molecule has 0 aromatic heterocycles. The van der Waals surface area contributed by atoms with Gasteiger partial charge in [-0.1, -0.05) is 0 Å². The summed E-state index contributed by atoms with van der Waals surface area (Å²) in [5.74, 6) is -0.863. The molecule has 0 unspecified atom stereocenters. The van der Waals surface area contributed by atoms with Crippen molar-refractivity contribution >= 4 is 5.97 Å². The molecule has 1 aliphatic heterocycles. The Morgan fingerprint density at radius 3 is 2.42 bits per heavy atom. The minimum absolute atomic E-state index is 0.0833. The van der Waals surface area contributed by atoms with Crippen molar-refractivity contribution in [3.8, 4) is 0 Å². The normalized spacial score (nSPS) is 52.2. The van der Waals surface area contributed by atoms with Crippen molar-refractivity contribution in [1.82, 2.24) is 0 Å². The van der Waals surface area contributed by atoms with Gasteiger partial charge in [-0.3, -0.25) is 4.79 Å². The second kappa shape index (κ2) is 2.42. The maximum atomic E-state index is 10.7. The number of aliphatic hydroxyl groups is 3. The molecule has 68 valence electrons. The van der Waals surface area contributed by atoms with Crippen LogP contribution in [0, 0.1) is 5.92 Å². The van der Waals surface area contributed by atoms with E-state index in [1.54, 1.807) is 0 Å². The van der Waals surface area contributed by atoms with Crippen molar-refractivity contribution in [2.45, 2.75) is 30.8 Å². The summed E-state index contributed by atoms with van der Waals surface area (Å²) >= 11 is 0. The zero-order valence-corrected chi connectivity index (χ0v) is 6.25. The van der Waals surface area contributed by atoms with Crippen LogP contribution in [-0.2, 0) is 9.53 Å². The molecule has 0 bridgehead atoms. The lowest BCUT2D eigenvalue weighted by Gasteiger charge is -2.13. The van der Waals surface area contributed by atoms with Gasteiger partial charge in [0.05, 0.1) is 12.5 Å². The van der Waals surface area contributed by atoms with Gasteiger partial charge in [0.15, 0.2) is 0 Å². The molecule has 12 heavy (non-hydrogen) atoms. The molecular weight excluding hydrogens is 164 g/mol. The number of esters is 1. The highest BCUT2D eigenvalue weighted by molar-refractivity contribution is 5.72. The highest BCUT2D eigenvalue weighted by Crippen LogP contribution is 2.37. The van der Waals surface area contributed by atoms with Crippen LogP contribution >= 0.6 is 0 Å². The third-order valence-corrected chi connectivity index (χ3v) is 2.57. The third kappa shape index (κ3) is 0.872. The van der Waals surface area contributed by atoms with E-state index in [-0.39, 0.29) is 6.42 Å². The summed E-state index contributed by atoms with van der Waals surface area (Å²) in [4.78, 5) is 10.7. The van der Waals surface area contributed by atoms with Crippen LogP contribution in [0.25, 0.3) is 0 Å². The summed E-state index contributed by atoms with van der Waals surface area (Å²) in [5.41, 5.74) is 0. The molecule has 5 atom stereocenters. The van der Waals surface area contributed by atoms with Crippen LogP contribution in [0.1, 0.15) is 6.42 Å². The van der Waals surface area contributed by atoms with Crippen molar-refractivity contribution in [1.29, 1.82) is 0 Å². The molecule has 5 nitrogen and oxygen atoms in total. The van der Waals surface area contributed by atoms with E-state index in [4.69, 9.17) is 9.84 Å². The van der Waals surface area contributed by atoms with Gasteiger partial charge in [0.1, 0.15) is 18.3 Å². The van der Waals surface area contributed by atoms with Crippen LogP contribution in [0.3, 0.4) is 0 Å². The topological polar surface area (TPSA) is 87.0 Å². The average Bonchev–Trinajstić information content (AvgIpc) is 2.49. The maximum Gasteiger partial charge on any atom is 0.306 e. The zero-order valence-electron chi connectivity index (χ0n) is 6.25. The van der Waals surface area contributed by atoms with Gasteiger partial charge in [-0.05, 0) is 0 Å². The number of carbonyl (C=O) groups is 1. The molecular formula is C7H10O5. The lowest BCUT2D eigenvalue weighted by atomic mass is 10.0. The van der Waals surface area contributed by atoms with Crippen molar-refractivity contribution in [3.05, 3.63) is 0 Å². The van der Waals surface area contributed by atoms with E-state index in [1.807, 2.05) is 0 Å². The Labute approximate surface area is 68.6 Å². The second-order valence-corrected chi connectivity index (χ2v) is 3.29. The van der Waals surface area contributed by atoms with E-state index in [2.05, 4.69) is 0 Å². The fourth-order valence-electron chi connectivity index (χ4n) is 1.88. The van der Waals surface area contributed by atoms with E-state index in [0.717, 1.165) is 0 Å². The number of rotatable bonds is 0. The van der Waals surface area contributed by atoms with Gasteiger partial charge in [-0.2, -0.15) is 0 Å². The molecule has 0 aromatic rings. The quantitative estimate of drug-likeness (QED) is 0.370. The first kappa shape index (κ1) is 7.97. The van der Waals surface area contributed by atoms with Crippen LogP contribution in [0.5, 0.6) is 0 Å². The standard InChI is InChI=1S/C7H10O5/c8-3-1-2-4(9)5(10)6(11)7(2)12-3/h2,4-7,9-11H,1H2/t2-,4+,5+,6+,7-/m0/s1. The monoisotopic (exact) mass is 174 g/mol. The van der Waals surface area contributed by atoms with Crippen LogP contribution in [0.2, 0.25) is 0 Å². The van der Waals surface area contributed by atoms with E-state index in [0.29, 0.717) is 0 Å². The number of hydrogen-bond acceptors (Lipinski definition) is 5. The highest BCUT2D eigenvalue weighted by Gasteiger charge is 2.55. The van der Waals surface area contributed by atoms with Gasteiger partial charge in [0.25, 0.3) is 0 Å². The molecule has 0 amide bonds. The highest BCUT2D eigenvalue weighted by atomic mass is 16.6. The Bertz CT molecular complexity index is 196. The van der Waals surface area contributed by atoms with Crippen molar-refractivity contribution in [2.24, 2.45) is 5.92 Å². The lowest BCUT2D eigenvalue weighted by molar-refractivity contribution is -0.147. The summed E-state index contributed by atoms with van der Waals surface area (Å²) in [5, 5.41) is 27.7. The number of fused-ring (bicyclic) bond motifs is 1. The first-order chi connectivity index (χ1) is 5.61. The Morgan fingerprint density at radius 2 is 1.83 bits per heavy atom. The minimum atomic E-state index is -1.19. The molecule has 5 heteroatoms. The van der Waals surface area contributed by atoms with Crippen molar-refractivity contribution < 1.29 is 24.9 Å². The third-order valence-electron chi connectivity index (χ3n) is 2.57. The minimum Gasteiger partial charge on any atom is -0.459 e. The van der Waals surface area contributed by atoms with Gasteiger partial charge in [-0.25, -0.2) is 0 Å². The fraction of sp³-hybridized carbons (Fsp3) is 0.857. The predicted octanol–water partition coefficient (Wildman–Crippen LogP) is -1.99. The fourth-order valence-corrected chi connectivity index (χ4v) is 1.88. The Morgan fingerprint density at radius 1 is 1.17 bits per heavy atom. The Hall–Kier alpha value is -0.650. The van der Waals surface area contributed by atoms with Crippen LogP contribution in [-0.4, -0.2) is 45.7 Å². The molecule has 3 N–H and O–H groups in total. The molecule has 2 fully saturated rings. The summed E-state index contributed by atoms with van der Waals surface area (Å²) in [6.07, 6.45) is -4.01.